The predicted octanol–water partition coefficient (Wildman–Crippen LogP) is 2.07. The van der Waals surface area contributed by atoms with E-state index < -0.39 is 6.03 Å². The van der Waals surface area contributed by atoms with Crippen molar-refractivity contribution in [1.29, 1.82) is 0 Å². The summed E-state index contributed by atoms with van der Waals surface area (Å²) in [6, 6.07) is 7.60. The van der Waals surface area contributed by atoms with E-state index in [4.69, 9.17) is 0 Å². The number of thioether (sulfide) groups is 1. The average molecular weight is 266 g/mol. The Morgan fingerprint density at radius 1 is 1.33 bits per heavy atom. The number of rotatable bonds is 4. The minimum atomic E-state index is -0.469. The minimum absolute atomic E-state index is 0.262. The lowest BCUT2D eigenvalue weighted by molar-refractivity contribution is -0.119. The average Bonchev–Trinajstić information content (AvgIpc) is 2.37. The molecule has 0 aliphatic rings. The Kier molecular flexibility index (Phi) is 5.71. The van der Waals surface area contributed by atoms with Crippen molar-refractivity contribution in [3.63, 3.8) is 0 Å². The van der Waals surface area contributed by atoms with Gasteiger partial charge in [-0.05, 0) is 25.0 Å². The van der Waals surface area contributed by atoms with Crippen molar-refractivity contribution in [2.24, 2.45) is 0 Å². The molecule has 0 saturated carbocycles. The molecule has 98 valence electrons. The van der Waals surface area contributed by atoms with Gasteiger partial charge >= 0.3 is 6.03 Å². The number of imide groups is 1. The van der Waals surface area contributed by atoms with Crippen molar-refractivity contribution >= 4 is 23.7 Å². The Balaban J connectivity index is 2.46. The van der Waals surface area contributed by atoms with Crippen LogP contribution in [0.25, 0.3) is 0 Å². The van der Waals surface area contributed by atoms with Gasteiger partial charge in [-0.25, -0.2) is 4.79 Å². The second kappa shape index (κ2) is 7.06. The molecule has 0 bridgehead atoms. The van der Waals surface area contributed by atoms with Crippen molar-refractivity contribution < 1.29 is 9.59 Å². The molecule has 1 atom stereocenters. The summed E-state index contributed by atoms with van der Waals surface area (Å²) in [6.45, 7) is 3.84. The van der Waals surface area contributed by atoms with Crippen LogP contribution in [0.15, 0.2) is 24.3 Å². The first kappa shape index (κ1) is 14.6. The van der Waals surface area contributed by atoms with Crippen molar-refractivity contribution in [2.45, 2.75) is 24.9 Å². The van der Waals surface area contributed by atoms with E-state index in [0.717, 1.165) is 5.75 Å². The van der Waals surface area contributed by atoms with Gasteiger partial charge in [-0.2, -0.15) is 0 Å². The van der Waals surface area contributed by atoms with Crippen LogP contribution >= 0.6 is 11.8 Å². The summed E-state index contributed by atoms with van der Waals surface area (Å²) in [6.07, 6.45) is 0. The highest BCUT2D eigenvalue weighted by Crippen LogP contribution is 2.20. The smallest absolute Gasteiger partial charge is 0.321 e. The molecule has 0 radical (unpaired) electrons. The largest absolute Gasteiger partial charge is 0.341 e. The van der Waals surface area contributed by atoms with Crippen LogP contribution in [0.5, 0.6) is 0 Å². The van der Waals surface area contributed by atoms with Crippen molar-refractivity contribution in [2.75, 3.05) is 7.05 Å². The summed E-state index contributed by atoms with van der Waals surface area (Å²) in [5.74, 6) is 0.489. The van der Waals surface area contributed by atoms with Gasteiger partial charge in [0.2, 0.25) is 5.91 Å². The Bertz CT molecular complexity index is 435. The van der Waals surface area contributed by atoms with Gasteiger partial charge in [0.15, 0.2) is 0 Å². The molecule has 4 nitrogen and oxygen atoms in total. The highest BCUT2D eigenvalue weighted by Gasteiger charge is 2.15. The van der Waals surface area contributed by atoms with Gasteiger partial charge in [0, 0.05) is 12.8 Å². The fraction of sp³-hybridized carbons (Fsp3) is 0.385. The van der Waals surface area contributed by atoms with Crippen LogP contribution < -0.4 is 10.6 Å². The maximum atomic E-state index is 11.6. The monoisotopic (exact) mass is 266 g/mol. The Hall–Kier alpha value is -1.49. The van der Waals surface area contributed by atoms with Crippen molar-refractivity contribution in [3.8, 4) is 0 Å². The van der Waals surface area contributed by atoms with Crippen LogP contribution in [-0.4, -0.2) is 24.2 Å². The molecule has 0 spiro atoms. The van der Waals surface area contributed by atoms with Gasteiger partial charge in [0.05, 0.1) is 5.25 Å². The first-order valence-corrected chi connectivity index (χ1v) is 6.78. The molecule has 0 heterocycles. The van der Waals surface area contributed by atoms with Gasteiger partial charge in [-0.15, -0.1) is 11.8 Å². The maximum Gasteiger partial charge on any atom is 0.321 e. The van der Waals surface area contributed by atoms with Gasteiger partial charge in [0.25, 0.3) is 0 Å². The third-order valence-electron chi connectivity index (χ3n) is 2.58. The van der Waals surface area contributed by atoms with Gasteiger partial charge in [0.1, 0.15) is 0 Å². The first-order chi connectivity index (χ1) is 8.54. The van der Waals surface area contributed by atoms with E-state index in [0.29, 0.717) is 0 Å². The molecule has 5 heteroatoms. The van der Waals surface area contributed by atoms with Crippen LogP contribution in [0.2, 0.25) is 0 Å². The molecule has 0 fully saturated rings. The number of amides is 3. The molecule has 3 amide bonds. The lowest BCUT2D eigenvalue weighted by Gasteiger charge is -2.12. The number of carbonyl (C=O) groups is 2. The zero-order chi connectivity index (χ0) is 13.5. The molecule has 1 aromatic rings. The summed E-state index contributed by atoms with van der Waals surface area (Å²) < 4.78 is 0. The van der Waals surface area contributed by atoms with Crippen LogP contribution in [0.1, 0.15) is 18.1 Å². The molecule has 0 saturated heterocycles. The summed E-state index contributed by atoms with van der Waals surface area (Å²) in [5, 5.41) is 4.36. The number of hydrogen-bond donors (Lipinski definition) is 2. The van der Waals surface area contributed by atoms with Crippen LogP contribution in [-0.2, 0) is 10.5 Å². The van der Waals surface area contributed by atoms with Crippen molar-refractivity contribution in [1.82, 2.24) is 10.6 Å². The molecule has 1 aromatic carbocycles. The van der Waals surface area contributed by atoms with E-state index in [1.165, 1.54) is 29.9 Å². The first-order valence-electron chi connectivity index (χ1n) is 5.73. The summed E-state index contributed by atoms with van der Waals surface area (Å²) in [7, 11) is 1.48. The molecule has 18 heavy (non-hydrogen) atoms. The zero-order valence-electron chi connectivity index (χ0n) is 10.8. The molecule has 1 rings (SSSR count). The van der Waals surface area contributed by atoms with Gasteiger partial charge in [-0.1, -0.05) is 24.3 Å². The Labute approximate surface area is 112 Å². The fourth-order valence-electron chi connectivity index (χ4n) is 1.34. The summed E-state index contributed by atoms with van der Waals surface area (Å²) in [5.41, 5.74) is 2.42. The van der Waals surface area contributed by atoms with E-state index in [2.05, 4.69) is 10.6 Å². The topological polar surface area (TPSA) is 58.2 Å². The third kappa shape index (κ3) is 4.41. The molecular formula is C13H18N2O2S. The number of carbonyl (C=O) groups excluding carboxylic acids is 2. The highest BCUT2D eigenvalue weighted by atomic mass is 32.2. The van der Waals surface area contributed by atoms with Gasteiger partial charge < -0.3 is 5.32 Å². The molecule has 0 aliphatic carbocycles. The minimum Gasteiger partial charge on any atom is -0.341 e. The molecule has 0 aliphatic heterocycles. The Morgan fingerprint density at radius 3 is 2.61 bits per heavy atom. The molecule has 2 N–H and O–H groups in total. The second-order valence-corrected chi connectivity index (χ2v) is 5.28. The standard InChI is InChI=1S/C13H18N2O2S/c1-9-6-4-5-7-11(9)8-18-10(2)12(16)15-13(17)14-3/h4-7,10H,8H2,1-3H3,(H2,14,15,16,17). The SMILES string of the molecule is CNC(=O)NC(=O)C(C)SCc1ccccc1C. The van der Waals surface area contributed by atoms with E-state index in [1.807, 2.05) is 31.2 Å². The third-order valence-corrected chi connectivity index (χ3v) is 3.77. The summed E-state index contributed by atoms with van der Waals surface area (Å²) >= 11 is 1.51. The highest BCUT2D eigenvalue weighted by molar-refractivity contribution is 7.99. The van der Waals surface area contributed by atoms with E-state index in [1.54, 1.807) is 6.92 Å². The van der Waals surface area contributed by atoms with E-state index >= 15 is 0 Å². The zero-order valence-corrected chi connectivity index (χ0v) is 11.6. The van der Waals surface area contributed by atoms with Crippen LogP contribution in [0.4, 0.5) is 4.79 Å². The fourth-order valence-corrected chi connectivity index (χ4v) is 2.30. The Morgan fingerprint density at radius 2 is 2.00 bits per heavy atom. The number of aryl methyl sites for hydroxylation is 1. The molecule has 1 unspecified atom stereocenters. The van der Waals surface area contributed by atoms with Crippen LogP contribution in [0, 0.1) is 6.92 Å². The second-order valence-electron chi connectivity index (χ2n) is 3.95. The maximum absolute atomic E-state index is 11.6. The molecule has 0 aromatic heterocycles. The van der Waals surface area contributed by atoms with Crippen LogP contribution in [0.3, 0.4) is 0 Å². The normalized spacial score (nSPS) is 11.7. The summed E-state index contributed by atoms with van der Waals surface area (Å²) in [4.78, 5) is 22.6. The number of urea groups is 1. The quantitative estimate of drug-likeness (QED) is 0.877. The van der Waals surface area contributed by atoms with Gasteiger partial charge in [-0.3, -0.25) is 10.1 Å². The lowest BCUT2D eigenvalue weighted by Crippen LogP contribution is -2.41. The number of hydrogen-bond acceptors (Lipinski definition) is 3. The molecular weight excluding hydrogens is 248 g/mol. The van der Waals surface area contributed by atoms with E-state index in [-0.39, 0.29) is 11.2 Å². The predicted molar refractivity (Wildman–Crippen MR) is 74.5 cm³/mol. The van der Waals surface area contributed by atoms with Crippen molar-refractivity contribution in [3.05, 3.63) is 35.4 Å². The lowest BCUT2D eigenvalue weighted by atomic mass is 10.1. The number of nitrogens with one attached hydrogen (secondary N) is 2. The van der Waals surface area contributed by atoms with E-state index in [9.17, 15) is 9.59 Å². The number of benzene rings is 1.